The van der Waals surface area contributed by atoms with Gasteiger partial charge in [0.25, 0.3) is 0 Å². The first-order valence-electron chi connectivity index (χ1n) is 6.66. The van der Waals surface area contributed by atoms with E-state index in [-0.39, 0.29) is 10.8 Å². The molecule has 3 aromatic rings. The van der Waals surface area contributed by atoms with Gasteiger partial charge < -0.3 is 10.6 Å². The van der Waals surface area contributed by atoms with Gasteiger partial charge in [-0.15, -0.1) is 22.7 Å². The third kappa shape index (κ3) is 3.69. The minimum Gasteiger partial charge on any atom is -0.395 e. The van der Waals surface area contributed by atoms with Crippen molar-refractivity contribution in [3.63, 3.8) is 0 Å². The summed E-state index contributed by atoms with van der Waals surface area (Å²) in [6, 6.07) is 7.74. The average Bonchev–Trinajstić information content (AvgIpc) is 3.13. The van der Waals surface area contributed by atoms with Crippen molar-refractivity contribution in [1.82, 2.24) is 9.97 Å². The average molecular weight is 364 g/mol. The number of thiazole rings is 2. The molecule has 2 aromatic heterocycles. The maximum Gasteiger partial charge on any atom is 0.250 e. The Bertz CT molecular complexity index is 839. The molecule has 0 atom stereocenters. The highest BCUT2D eigenvalue weighted by Crippen LogP contribution is 2.30. The summed E-state index contributed by atoms with van der Waals surface area (Å²) in [7, 11) is 0. The lowest BCUT2D eigenvalue weighted by Crippen LogP contribution is -2.13. The molecule has 0 spiro atoms. The Kier molecular flexibility index (Phi) is 4.89. The molecule has 0 aliphatic rings. The lowest BCUT2D eigenvalue weighted by molar-refractivity contribution is -0.105. The first-order chi connectivity index (χ1) is 11.2. The second-order valence-electron chi connectivity index (χ2n) is 4.27. The first-order valence-corrected chi connectivity index (χ1v) is 9.17. The summed E-state index contributed by atoms with van der Waals surface area (Å²) in [6.45, 7) is 2.16. The molecule has 0 radical (unpaired) electrons. The number of oxime groups is 1. The molecule has 0 aliphatic carbocycles. The van der Waals surface area contributed by atoms with Crippen LogP contribution in [0.4, 0.5) is 5.13 Å². The molecule has 0 bridgehead atoms. The van der Waals surface area contributed by atoms with Gasteiger partial charge in [-0.25, -0.2) is 9.97 Å². The van der Waals surface area contributed by atoms with Crippen LogP contribution in [0.2, 0.25) is 0 Å². The number of aromatic nitrogens is 2. The number of anilines is 1. The molecule has 0 amide bonds. The van der Waals surface area contributed by atoms with Crippen LogP contribution < -0.4 is 5.73 Å². The van der Waals surface area contributed by atoms with Crippen LogP contribution in [0.3, 0.4) is 0 Å². The molecule has 2 heterocycles. The van der Waals surface area contributed by atoms with Crippen LogP contribution in [-0.2, 0) is 9.63 Å². The number of hydrogen-bond acceptors (Lipinski definition) is 9. The number of benzene rings is 1. The van der Waals surface area contributed by atoms with Crippen molar-refractivity contribution < 1.29 is 9.63 Å². The molecule has 6 nitrogen and oxygen atoms in total. The molecular weight excluding hydrogens is 352 g/mol. The molecule has 9 heteroatoms. The van der Waals surface area contributed by atoms with E-state index in [1.54, 1.807) is 12.3 Å². The fourth-order valence-electron chi connectivity index (χ4n) is 1.74. The molecule has 3 rings (SSSR count). The summed E-state index contributed by atoms with van der Waals surface area (Å²) >= 11 is 3.72. The number of nitrogens with zero attached hydrogens (tertiary/aromatic N) is 3. The molecule has 1 aromatic carbocycles. The van der Waals surface area contributed by atoms with Crippen LogP contribution >= 0.6 is 34.4 Å². The van der Waals surface area contributed by atoms with Crippen molar-refractivity contribution in [2.24, 2.45) is 5.16 Å². The van der Waals surface area contributed by atoms with E-state index in [1.165, 1.54) is 22.7 Å². The topological polar surface area (TPSA) is 90.5 Å². The minimum atomic E-state index is -0.275. The Balaban J connectivity index is 1.85. The standard InChI is InChI=1S/C14H12N4O2S3/c1-2-20-18-11(9-7-21-13(15)16-9)12(19)23-14-17-8-5-3-4-6-10(8)22-14/h3-7H,2H2,1H3,(H2,15,16)/b18-11-. The number of carbonyl (C=O) groups excluding carboxylic acids is 1. The van der Waals surface area contributed by atoms with E-state index < -0.39 is 0 Å². The number of rotatable bonds is 5. The van der Waals surface area contributed by atoms with Crippen LogP contribution in [0.5, 0.6) is 0 Å². The lowest BCUT2D eigenvalue weighted by atomic mass is 10.3. The van der Waals surface area contributed by atoms with Crippen LogP contribution in [0.25, 0.3) is 10.2 Å². The molecule has 2 N–H and O–H groups in total. The zero-order chi connectivity index (χ0) is 16.2. The second kappa shape index (κ2) is 7.07. The van der Waals surface area contributed by atoms with Crippen molar-refractivity contribution in [2.45, 2.75) is 11.3 Å². The first kappa shape index (κ1) is 15.9. The van der Waals surface area contributed by atoms with Gasteiger partial charge in [-0.05, 0) is 30.8 Å². The number of para-hydroxylation sites is 1. The predicted molar refractivity (Wildman–Crippen MR) is 95.2 cm³/mol. The Morgan fingerprint density at radius 2 is 2.22 bits per heavy atom. The van der Waals surface area contributed by atoms with Crippen molar-refractivity contribution in [2.75, 3.05) is 12.3 Å². The maximum atomic E-state index is 12.5. The van der Waals surface area contributed by atoms with Gasteiger partial charge in [0.1, 0.15) is 12.3 Å². The zero-order valence-corrected chi connectivity index (χ0v) is 14.5. The van der Waals surface area contributed by atoms with E-state index in [1.807, 2.05) is 24.3 Å². The Hall–Kier alpha value is -1.97. The van der Waals surface area contributed by atoms with Crippen molar-refractivity contribution in [1.29, 1.82) is 0 Å². The Morgan fingerprint density at radius 1 is 1.39 bits per heavy atom. The summed E-state index contributed by atoms with van der Waals surface area (Å²) < 4.78 is 1.69. The van der Waals surface area contributed by atoms with E-state index in [9.17, 15) is 4.79 Å². The molecule has 23 heavy (non-hydrogen) atoms. The van der Waals surface area contributed by atoms with Crippen LogP contribution in [0.1, 0.15) is 12.6 Å². The SMILES string of the molecule is CCO/N=C(\C(=O)Sc1nc2ccccc2s1)c1csc(N)n1. The van der Waals surface area contributed by atoms with E-state index in [0.717, 1.165) is 22.0 Å². The number of carbonyl (C=O) groups is 1. The fraction of sp³-hybridized carbons (Fsp3) is 0.143. The summed E-state index contributed by atoms with van der Waals surface area (Å²) in [5, 5.41) is 5.67. The molecule has 0 saturated heterocycles. The number of nitrogens with two attached hydrogens (primary N) is 1. The van der Waals surface area contributed by atoms with Crippen molar-refractivity contribution in [3.05, 3.63) is 35.3 Å². The van der Waals surface area contributed by atoms with Crippen molar-refractivity contribution >= 4 is 60.6 Å². The normalized spacial score (nSPS) is 11.8. The highest BCUT2D eigenvalue weighted by atomic mass is 32.2. The van der Waals surface area contributed by atoms with E-state index in [2.05, 4.69) is 15.1 Å². The number of fused-ring (bicyclic) bond motifs is 1. The summed E-state index contributed by atoms with van der Waals surface area (Å²) in [5.41, 5.74) is 7.06. The third-order valence-corrected chi connectivity index (χ3v) is 5.35. The van der Waals surface area contributed by atoms with Crippen molar-refractivity contribution in [3.8, 4) is 0 Å². The Labute approximate surface area is 144 Å². The molecule has 0 saturated carbocycles. The highest BCUT2D eigenvalue weighted by molar-refractivity contribution is 8.16. The maximum absolute atomic E-state index is 12.5. The van der Waals surface area contributed by atoms with E-state index in [0.29, 0.717) is 21.8 Å². The summed E-state index contributed by atoms with van der Waals surface area (Å²) in [4.78, 5) is 26.1. The molecule has 118 valence electrons. The number of hydrogen-bond donors (Lipinski definition) is 1. The van der Waals surface area contributed by atoms with Gasteiger partial charge in [0.15, 0.2) is 15.2 Å². The Morgan fingerprint density at radius 3 is 2.91 bits per heavy atom. The minimum absolute atomic E-state index is 0.143. The van der Waals surface area contributed by atoms with Gasteiger partial charge in [0, 0.05) is 5.38 Å². The summed E-state index contributed by atoms with van der Waals surface area (Å²) in [6.07, 6.45) is 0. The third-order valence-electron chi connectivity index (χ3n) is 2.70. The van der Waals surface area contributed by atoms with Gasteiger partial charge in [-0.3, -0.25) is 4.79 Å². The van der Waals surface area contributed by atoms with Gasteiger partial charge in [-0.2, -0.15) is 0 Å². The zero-order valence-electron chi connectivity index (χ0n) is 12.1. The van der Waals surface area contributed by atoms with Crippen LogP contribution in [0.15, 0.2) is 39.1 Å². The summed E-state index contributed by atoms with van der Waals surface area (Å²) in [5.74, 6) is 0. The number of nitrogen functional groups attached to an aromatic ring is 1. The van der Waals surface area contributed by atoms with E-state index >= 15 is 0 Å². The van der Waals surface area contributed by atoms with Gasteiger partial charge in [-0.1, -0.05) is 17.3 Å². The molecule has 0 fully saturated rings. The van der Waals surface area contributed by atoms with Gasteiger partial charge in [0.2, 0.25) is 5.12 Å². The van der Waals surface area contributed by atoms with Crippen LogP contribution in [0, 0.1) is 0 Å². The molecule has 0 aliphatic heterocycles. The second-order valence-corrected chi connectivity index (χ2v) is 7.41. The molecule has 0 unspecified atom stereocenters. The quantitative estimate of drug-likeness (QED) is 0.424. The van der Waals surface area contributed by atoms with Gasteiger partial charge >= 0.3 is 0 Å². The van der Waals surface area contributed by atoms with Crippen LogP contribution in [-0.4, -0.2) is 27.4 Å². The number of thioether (sulfide) groups is 1. The predicted octanol–water partition coefficient (Wildman–Crippen LogP) is 3.39. The largest absolute Gasteiger partial charge is 0.395 e. The van der Waals surface area contributed by atoms with Gasteiger partial charge in [0.05, 0.1) is 10.2 Å². The fourth-order valence-corrected chi connectivity index (χ4v) is 4.19. The smallest absolute Gasteiger partial charge is 0.250 e. The lowest BCUT2D eigenvalue weighted by Gasteiger charge is -2.00. The molecular formula is C14H12N4O2S3. The monoisotopic (exact) mass is 364 g/mol. The highest BCUT2D eigenvalue weighted by Gasteiger charge is 2.21. The van der Waals surface area contributed by atoms with E-state index in [4.69, 9.17) is 10.6 Å².